The number of carbonyl (C=O) groups excluding carboxylic acids is 1. The lowest BCUT2D eigenvalue weighted by atomic mass is 9.93. The van der Waals surface area contributed by atoms with Gasteiger partial charge in [0.2, 0.25) is 5.91 Å². The summed E-state index contributed by atoms with van der Waals surface area (Å²) >= 11 is 0. The summed E-state index contributed by atoms with van der Waals surface area (Å²) in [6, 6.07) is 0. The average Bonchev–Trinajstić information content (AvgIpc) is 2.68. The van der Waals surface area contributed by atoms with Gasteiger partial charge in [0.15, 0.2) is 5.54 Å². The fourth-order valence-electron chi connectivity index (χ4n) is 2.31. The van der Waals surface area contributed by atoms with Crippen molar-refractivity contribution >= 4 is 11.9 Å². The third kappa shape index (κ3) is 1.61. The van der Waals surface area contributed by atoms with Gasteiger partial charge in [0.25, 0.3) is 0 Å². The Hall–Kier alpha value is -1.10. The summed E-state index contributed by atoms with van der Waals surface area (Å²) in [5.41, 5.74) is -1.09. The lowest BCUT2D eigenvalue weighted by Crippen LogP contribution is -2.59. The standard InChI is InChI=1S/C10H15NO4/c12-8-3-1-2-5-11(8)10(9(13)14)4-6-15-7-10/h1-7H2,(H,13,14). The molecule has 2 aliphatic heterocycles. The van der Waals surface area contributed by atoms with Crippen LogP contribution in [-0.2, 0) is 14.3 Å². The summed E-state index contributed by atoms with van der Waals surface area (Å²) in [7, 11) is 0. The van der Waals surface area contributed by atoms with Crippen LogP contribution < -0.4 is 0 Å². The number of likely N-dealkylation sites (tertiary alicyclic amines) is 1. The average molecular weight is 213 g/mol. The summed E-state index contributed by atoms with van der Waals surface area (Å²) in [4.78, 5) is 24.5. The number of hydrogen-bond acceptors (Lipinski definition) is 3. The maximum absolute atomic E-state index is 11.7. The molecule has 1 atom stereocenters. The van der Waals surface area contributed by atoms with E-state index in [1.165, 1.54) is 4.90 Å². The molecule has 1 amide bonds. The number of ether oxygens (including phenoxy) is 1. The molecular weight excluding hydrogens is 198 g/mol. The van der Waals surface area contributed by atoms with Crippen LogP contribution in [0.1, 0.15) is 25.7 Å². The Labute approximate surface area is 88.0 Å². The Kier molecular flexibility index (Phi) is 2.65. The molecule has 0 aromatic carbocycles. The van der Waals surface area contributed by atoms with Crippen LogP contribution in [0.15, 0.2) is 0 Å². The number of piperidine rings is 1. The lowest BCUT2D eigenvalue weighted by Gasteiger charge is -2.39. The fraction of sp³-hybridized carbons (Fsp3) is 0.800. The van der Waals surface area contributed by atoms with Gasteiger partial charge in [-0.1, -0.05) is 0 Å². The van der Waals surface area contributed by atoms with E-state index in [1.54, 1.807) is 0 Å². The first-order chi connectivity index (χ1) is 7.17. The molecule has 84 valence electrons. The zero-order chi connectivity index (χ0) is 10.9. The van der Waals surface area contributed by atoms with Crippen LogP contribution in [0.2, 0.25) is 0 Å². The van der Waals surface area contributed by atoms with Crippen molar-refractivity contribution in [2.24, 2.45) is 0 Å². The number of amides is 1. The van der Waals surface area contributed by atoms with E-state index in [0.717, 1.165) is 12.8 Å². The van der Waals surface area contributed by atoms with E-state index in [4.69, 9.17) is 4.74 Å². The summed E-state index contributed by atoms with van der Waals surface area (Å²) in [6.07, 6.45) is 2.63. The smallest absolute Gasteiger partial charge is 0.332 e. The van der Waals surface area contributed by atoms with Gasteiger partial charge in [-0.05, 0) is 12.8 Å². The summed E-state index contributed by atoms with van der Waals surface area (Å²) < 4.78 is 5.15. The highest BCUT2D eigenvalue weighted by atomic mass is 16.5. The monoisotopic (exact) mass is 213 g/mol. The predicted molar refractivity (Wildman–Crippen MR) is 51.4 cm³/mol. The molecule has 15 heavy (non-hydrogen) atoms. The largest absolute Gasteiger partial charge is 0.479 e. The predicted octanol–water partition coefficient (Wildman–Crippen LogP) is 0.243. The molecule has 0 bridgehead atoms. The van der Waals surface area contributed by atoms with Crippen molar-refractivity contribution in [3.05, 3.63) is 0 Å². The van der Waals surface area contributed by atoms with Crippen molar-refractivity contribution in [2.45, 2.75) is 31.2 Å². The van der Waals surface area contributed by atoms with Crippen LogP contribution in [0.4, 0.5) is 0 Å². The van der Waals surface area contributed by atoms with E-state index in [2.05, 4.69) is 0 Å². The number of nitrogens with zero attached hydrogens (tertiary/aromatic N) is 1. The first kappa shape index (κ1) is 10.4. The third-order valence-corrected chi connectivity index (χ3v) is 3.24. The second-order valence-corrected chi connectivity index (χ2v) is 4.14. The van der Waals surface area contributed by atoms with Crippen molar-refractivity contribution in [1.82, 2.24) is 4.90 Å². The normalized spacial score (nSPS) is 32.0. The van der Waals surface area contributed by atoms with E-state index in [0.29, 0.717) is 26.0 Å². The van der Waals surface area contributed by atoms with Gasteiger partial charge in [-0.3, -0.25) is 4.79 Å². The molecule has 0 aromatic rings. The minimum Gasteiger partial charge on any atom is -0.479 e. The van der Waals surface area contributed by atoms with Crippen LogP contribution in [-0.4, -0.2) is 47.2 Å². The van der Waals surface area contributed by atoms with E-state index < -0.39 is 11.5 Å². The highest BCUT2D eigenvalue weighted by Crippen LogP contribution is 2.30. The Morgan fingerprint density at radius 1 is 1.47 bits per heavy atom. The number of carboxylic acids is 1. The molecule has 1 unspecified atom stereocenters. The van der Waals surface area contributed by atoms with Crippen molar-refractivity contribution in [3.63, 3.8) is 0 Å². The fourth-order valence-corrected chi connectivity index (χ4v) is 2.31. The lowest BCUT2D eigenvalue weighted by molar-refractivity contribution is -0.161. The Morgan fingerprint density at radius 3 is 2.80 bits per heavy atom. The number of aliphatic carboxylic acids is 1. The molecule has 2 fully saturated rings. The van der Waals surface area contributed by atoms with E-state index in [1.807, 2.05) is 0 Å². The SMILES string of the molecule is O=C1CCCCN1C1(C(=O)O)CCOC1. The third-order valence-electron chi connectivity index (χ3n) is 3.24. The molecule has 2 heterocycles. The van der Waals surface area contributed by atoms with Gasteiger partial charge < -0.3 is 14.7 Å². The number of hydrogen-bond donors (Lipinski definition) is 1. The summed E-state index contributed by atoms with van der Waals surface area (Å²) in [5.74, 6) is -0.982. The van der Waals surface area contributed by atoms with Gasteiger partial charge in [-0.15, -0.1) is 0 Å². The number of carbonyl (C=O) groups is 2. The highest BCUT2D eigenvalue weighted by Gasteiger charge is 2.50. The maximum atomic E-state index is 11.7. The molecule has 1 N–H and O–H groups in total. The van der Waals surface area contributed by atoms with Gasteiger partial charge in [-0.25, -0.2) is 4.79 Å². The van der Waals surface area contributed by atoms with Gasteiger partial charge in [0.1, 0.15) is 0 Å². The van der Waals surface area contributed by atoms with Gasteiger partial charge in [0, 0.05) is 26.0 Å². The van der Waals surface area contributed by atoms with Crippen molar-refractivity contribution < 1.29 is 19.4 Å². The Balaban J connectivity index is 2.23. The van der Waals surface area contributed by atoms with Crippen LogP contribution in [0.25, 0.3) is 0 Å². The molecule has 0 saturated carbocycles. The minimum absolute atomic E-state index is 0.0471. The van der Waals surface area contributed by atoms with E-state index in [9.17, 15) is 14.7 Å². The quantitative estimate of drug-likeness (QED) is 0.713. The number of rotatable bonds is 2. The van der Waals surface area contributed by atoms with E-state index in [-0.39, 0.29) is 12.5 Å². The molecule has 2 saturated heterocycles. The molecule has 5 nitrogen and oxygen atoms in total. The zero-order valence-electron chi connectivity index (χ0n) is 8.57. The molecule has 0 radical (unpaired) electrons. The van der Waals surface area contributed by atoms with Crippen molar-refractivity contribution in [3.8, 4) is 0 Å². The van der Waals surface area contributed by atoms with Crippen LogP contribution >= 0.6 is 0 Å². The molecular formula is C10H15NO4. The molecule has 5 heteroatoms. The topological polar surface area (TPSA) is 66.8 Å². The molecule has 2 aliphatic rings. The van der Waals surface area contributed by atoms with Gasteiger partial charge in [0.05, 0.1) is 6.61 Å². The molecule has 0 aliphatic carbocycles. The molecule has 0 spiro atoms. The number of carboxylic acid groups (broad SMARTS) is 1. The Morgan fingerprint density at radius 2 is 2.27 bits per heavy atom. The van der Waals surface area contributed by atoms with Crippen molar-refractivity contribution in [1.29, 1.82) is 0 Å². The summed E-state index contributed by atoms with van der Waals surface area (Å²) in [6.45, 7) is 1.11. The Bertz CT molecular complexity index is 283. The van der Waals surface area contributed by atoms with E-state index >= 15 is 0 Å². The van der Waals surface area contributed by atoms with Crippen LogP contribution in [0.5, 0.6) is 0 Å². The van der Waals surface area contributed by atoms with Gasteiger partial charge >= 0.3 is 5.97 Å². The second-order valence-electron chi connectivity index (χ2n) is 4.14. The van der Waals surface area contributed by atoms with Gasteiger partial charge in [-0.2, -0.15) is 0 Å². The highest BCUT2D eigenvalue weighted by molar-refractivity contribution is 5.87. The first-order valence-corrected chi connectivity index (χ1v) is 5.28. The van der Waals surface area contributed by atoms with Crippen LogP contribution in [0, 0.1) is 0 Å². The molecule has 0 aromatic heterocycles. The zero-order valence-corrected chi connectivity index (χ0v) is 8.57. The summed E-state index contributed by atoms with van der Waals surface area (Å²) in [5, 5.41) is 9.26. The first-order valence-electron chi connectivity index (χ1n) is 5.28. The minimum atomic E-state index is -1.09. The van der Waals surface area contributed by atoms with Crippen LogP contribution in [0.3, 0.4) is 0 Å². The molecule has 2 rings (SSSR count). The van der Waals surface area contributed by atoms with Crippen molar-refractivity contribution in [2.75, 3.05) is 19.8 Å². The maximum Gasteiger partial charge on any atom is 0.332 e. The second kappa shape index (κ2) is 3.81.